The van der Waals surface area contributed by atoms with Crippen molar-refractivity contribution in [2.24, 2.45) is 11.0 Å². The molecule has 0 saturated heterocycles. The van der Waals surface area contributed by atoms with E-state index >= 15 is 0 Å². The smallest absolute Gasteiger partial charge is 0.335 e. The van der Waals surface area contributed by atoms with E-state index in [1.807, 2.05) is 13.8 Å². The zero-order chi connectivity index (χ0) is 12.8. The Balaban J connectivity index is 3.04. The molecule has 17 heavy (non-hydrogen) atoms. The third-order valence-electron chi connectivity index (χ3n) is 1.93. The Morgan fingerprint density at radius 2 is 2.29 bits per heavy atom. The van der Waals surface area contributed by atoms with Gasteiger partial charge in [-0.15, -0.1) is 0 Å². The maximum atomic E-state index is 10.8. The first-order valence-electron chi connectivity index (χ1n) is 5.10. The van der Waals surface area contributed by atoms with Gasteiger partial charge < -0.3 is 9.84 Å². The summed E-state index contributed by atoms with van der Waals surface area (Å²) >= 11 is 0. The standard InChI is InChI=1S/C11H13N3O3/c1-7(2)6-17-10-4-3-8(11(15)16)5-9(10)13-14-12/h3-5,7H,6H2,1-2H3,(H,15,16). The van der Waals surface area contributed by atoms with Crippen molar-refractivity contribution < 1.29 is 14.6 Å². The molecule has 0 bridgehead atoms. The van der Waals surface area contributed by atoms with E-state index < -0.39 is 5.97 Å². The van der Waals surface area contributed by atoms with Crippen LogP contribution < -0.4 is 4.74 Å². The minimum atomic E-state index is -1.07. The second-order valence-corrected chi connectivity index (χ2v) is 3.88. The molecule has 1 aromatic rings. The van der Waals surface area contributed by atoms with Gasteiger partial charge in [-0.05, 0) is 29.6 Å². The van der Waals surface area contributed by atoms with Crippen LogP contribution in [0.5, 0.6) is 5.75 Å². The number of ether oxygens (including phenoxy) is 1. The molecule has 6 nitrogen and oxygen atoms in total. The third kappa shape index (κ3) is 3.70. The van der Waals surface area contributed by atoms with Gasteiger partial charge >= 0.3 is 5.97 Å². The minimum Gasteiger partial charge on any atom is -0.493 e. The van der Waals surface area contributed by atoms with Crippen molar-refractivity contribution in [3.05, 3.63) is 34.2 Å². The molecule has 0 aromatic heterocycles. The summed E-state index contributed by atoms with van der Waals surface area (Å²) in [5.41, 5.74) is 8.65. The van der Waals surface area contributed by atoms with Crippen molar-refractivity contribution in [1.29, 1.82) is 0 Å². The lowest BCUT2D eigenvalue weighted by Crippen LogP contribution is -2.05. The average molecular weight is 235 g/mol. The lowest BCUT2D eigenvalue weighted by molar-refractivity contribution is 0.0697. The highest BCUT2D eigenvalue weighted by Gasteiger charge is 2.08. The summed E-state index contributed by atoms with van der Waals surface area (Å²) in [6, 6.07) is 4.20. The summed E-state index contributed by atoms with van der Waals surface area (Å²) in [4.78, 5) is 13.4. The van der Waals surface area contributed by atoms with Gasteiger partial charge in [-0.3, -0.25) is 0 Å². The van der Waals surface area contributed by atoms with Crippen LogP contribution in [0.4, 0.5) is 5.69 Å². The molecular weight excluding hydrogens is 222 g/mol. The van der Waals surface area contributed by atoms with Gasteiger partial charge in [-0.25, -0.2) is 4.79 Å². The number of hydrogen-bond donors (Lipinski definition) is 1. The first-order valence-corrected chi connectivity index (χ1v) is 5.10. The normalized spacial score (nSPS) is 9.82. The molecule has 0 spiro atoms. The fraction of sp³-hybridized carbons (Fsp3) is 0.364. The highest BCUT2D eigenvalue weighted by Crippen LogP contribution is 2.29. The number of carboxylic acid groups (broad SMARTS) is 1. The van der Waals surface area contributed by atoms with Crippen LogP contribution in [0.15, 0.2) is 23.3 Å². The second kappa shape index (κ2) is 5.77. The Hall–Kier alpha value is -2.20. The van der Waals surface area contributed by atoms with Crippen LogP contribution in [-0.2, 0) is 0 Å². The van der Waals surface area contributed by atoms with Crippen molar-refractivity contribution in [2.75, 3.05) is 6.61 Å². The summed E-state index contributed by atoms with van der Waals surface area (Å²) in [6.45, 7) is 4.44. The van der Waals surface area contributed by atoms with Crippen molar-refractivity contribution in [3.8, 4) is 5.75 Å². The van der Waals surface area contributed by atoms with Gasteiger partial charge in [0.2, 0.25) is 0 Å². The number of carbonyl (C=O) groups is 1. The predicted octanol–water partition coefficient (Wildman–Crippen LogP) is 3.36. The number of aromatic carboxylic acids is 1. The molecule has 0 radical (unpaired) electrons. The fourth-order valence-corrected chi connectivity index (χ4v) is 1.16. The van der Waals surface area contributed by atoms with Gasteiger partial charge in [0, 0.05) is 4.91 Å². The molecule has 90 valence electrons. The van der Waals surface area contributed by atoms with E-state index in [0.29, 0.717) is 18.3 Å². The highest BCUT2D eigenvalue weighted by atomic mass is 16.5. The number of nitrogens with zero attached hydrogens (tertiary/aromatic N) is 3. The first kappa shape index (κ1) is 12.9. The summed E-state index contributed by atoms with van der Waals surface area (Å²) in [7, 11) is 0. The van der Waals surface area contributed by atoms with Crippen LogP contribution in [0, 0.1) is 5.92 Å². The molecule has 0 atom stereocenters. The molecule has 0 aliphatic heterocycles. The topological polar surface area (TPSA) is 95.3 Å². The van der Waals surface area contributed by atoms with Gasteiger partial charge in [0.1, 0.15) is 5.75 Å². The summed E-state index contributed by atoms with van der Waals surface area (Å²) in [6.07, 6.45) is 0. The monoisotopic (exact) mass is 235 g/mol. The zero-order valence-electron chi connectivity index (χ0n) is 9.62. The Morgan fingerprint density at radius 3 is 2.82 bits per heavy atom. The molecular formula is C11H13N3O3. The van der Waals surface area contributed by atoms with Crippen molar-refractivity contribution in [1.82, 2.24) is 0 Å². The Morgan fingerprint density at radius 1 is 1.59 bits per heavy atom. The molecule has 6 heteroatoms. The zero-order valence-corrected chi connectivity index (χ0v) is 9.62. The molecule has 1 rings (SSSR count). The molecule has 1 aromatic carbocycles. The minimum absolute atomic E-state index is 0.0595. The maximum Gasteiger partial charge on any atom is 0.335 e. The van der Waals surface area contributed by atoms with Crippen LogP contribution >= 0.6 is 0 Å². The molecule has 0 heterocycles. The van der Waals surface area contributed by atoms with Crippen molar-refractivity contribution in [3.63, 3.8) is 0 Å². The van der Waals surface area contributed by atoms with Crippen LogP contribution in [-0.4, -0.2) is 17.7 Å². The molecule has 0 aliphatic carbocycles. The Labute approximate surface area is 98.5 Å². The van der Waals surface area contributed by atoms with Crippen molar-refractivity contribution in [2.45, 2.75) is 13.8 Å². The van der Waals surface area contributed by atoms with E-state index in [-0.39, 0.29) is 11.3 Å². The van der Waals surface area contributed by atoms with E-state index in [1.165, 1.54) is 18.2 Å². The van der Waals surface area contributed by atoms with Gasteiger partial charge in [0.15, 0.2) is 0 Å². The Kier molecular flexibility index (Phi) is 4.37. The highest BCUT2D eigenvalue weighted by molar-refractivity contribution is 5.89. The largest absolute Gasteiger partial charge is 0.493 e. The number of rotatable bonds is 5. The number of carboxylic acids is 1. The number of azide groups is 1. The predicted molar refractivity (Wildman–Crippen MR) is 62.5 cm³/mol. The lowest BCUT2D eigenvalue weighted by atomic mass is 10.2. The van der Waals surface area contributed by atoms with E-state index in [0.717, 1.165) is 0 Å². The molecule has 0 fully saturated rings. The van der Waals surface area contributed by atoms with E-state index in [4.69, 9.17) is 15.4 Å². The SMILES string of the molecule is CC(C)COc1ccc(C(=O)O)cc1N=[N+]=[N-]. The molecule has 0 aliphatic rings. The summed E-state index contributed by atoms with van der Waals surface area (Å²) in [5, 5.41) is 12.2. The molecule has 0 saturated carbocycles. The first-order chi connectivity index (χ1) is 8.04. The number of hydrogen-bond acceptors (Lipinski definition) is 3. The van der Waals surface area contributed by atoms with E-state index in [2.05, 4.69) is 10.0 Å². The lowest BCUT2D eigenvalue weighted by Gasteiger charge is -2.11. The second-order valence-electron chi connectivity index (χ2n) is 3.88. The van der Waals surface area contributed by atoms with Crippen LogP contribution in [0.25, 0.3) is 10.4 Å². The summed E-state index contributed by atoms with van der Waals surface area (Å²) in [5.74, 6) is -0.357. The van der Waals surface area contributed by atoms with Crippen LogP contribution in [0.1, 0.15) is 24.2 Å². The number of benzene rings is 1. The fourth-order valence-electron chi connectivity index (χ4n) is 1.16. The maximum absolute atomic E-state index is 10.8. The molecule has 1 N–H and O–H groups in total. The van der Waals surface area contributed by atoms with Crippen LogP contribution in [0.3, 0.4) is 0 Å². The molecule has 0 unspecified atom stereocenters. The van der Waals surface area contributed by atoms with Gasteiger partial charge in [0.25, 0.3) is 0 Å². The molecule has 0 amide bonds. The van der Waals surface area contributed by atoms with Crippen LogP contribution in [0.2, 0.25) is 0 Å². The van der Waals surface area contributed by atoms with Gasteiger partial charge in [-0.2, -0.15) is 0 Å². The average Bonchev–Trinajstić information content (AvgIpc) is 2.27. The Bertz CT molecular complexity index is 465. The quantitative estimate of drug-likeness (QED) is 0.481. The van der Waals surface area contributed by atoms with E-state index in [1.54, 1.807) is 0 Å². The van der Waals surface area contributed by atoms with E-state index in [9.17, 15) is 4.79 Å². The van der Waals surface area contributed by atoms with Gasteiger partial charge in [0.05, 0.1) is 17.9 Å². The summed E-state index contributed by atoms with van der Waals surface area (Å²) < 4.78 is 5.43. The van der Waals surface area contributed by atoms with Gasteiger partial charge in [-0.1, -0.05) is 19.0 Å². The van der Waals surface area contributed by atoms with Crippen molar-refractivity contribution >= 4 is 11.7 Å². The third-order valence-corrected chi connectivity index (χ3v) is 1.93.